The number of nitrogens with one attached hydrogen (secondary N) is 1. The van der Waals surface area contributed by atoms with Crippen molar-refractivity contribution in [3.63, 3.8) is 0 Å². The number of thiazole rings is 1. The lowest BCUT2D eigenvalue weighted by Crippen LogP contribution is -2.03. The summed E-state index contributed by atoms with van der Waals surface area (Å²) in [4.78, 5) is 4.70. The van der Waals surface area contributed by atoms with E-state index in [9.17, 15) is 0 Å². The van der Waals surface area contributed by atoms with Gasteiger partial charge in [0, 0.05) is 23.9 Å². The standard InChI is InChI=1S/C15H16N4S2/c1-2-8-16-15-12(18-21-19-15)9-14-17-13(10-20-14)11-6-4-3-5-7-11/h3-7,10H,2,8-9H2,1H3,(H,16,19). The molecular weight excluding hydrogens is 300 g/mol. The van der Waals surface area contributed by atoms with Gasteiger partial charge in [-0.15, -0.1) is 11.3 Å². The average Bonchev–Trinajstić information content (AvgIpc) is 3.16. The molecule has 0 aliphatic rings. The van der Waals surface area contributed by atoms with E-state index in [0.717, 1.165) is 47.2 Å². The second-order valence-electron chi connectivity index (χ2n) is 4.66. The molecule has 0 radical (unpaired) electrons. The maximum Gasteiger partial charge on any atom is 0.163 e. The molecule has 21 heavy (non-hydrogen) atoms. The quantitative estimate of drug-likeness (QED) is 0.744. The third kappa shape index (κ3) is 3.46. The van der Waals surface area contributed by atoms with Gasteiger partial charge in [0.05, 0.1) is 22.4 Å². The van der Waals surface area contributed by atoms with Gasteiger partial charge in [-0.1, -0.05) is 37.3 Å². The Hall–Kier alpha value is -1.79. The van der Waals surface area contributed by atoms with Gasteiger partial charge in [-0.3, -0.25) is 0 Å². The summed E-state index contributed by atoms with van der Waals surface area (Å²) in [7, 11) is 0. The van der Waals surface area contributed by atoms with Gasteiger partial charge in [0.2, 0.25) is 0 Å². The molecule has 0 aliphatic carbocycles. The molecule has 0 saturated carbocycles. The first-order chi connectivity index (χ1) is 10.4. The van der Waals surface area contributed by atoms with E-state index in [2.05, 4.69) is 38.5 Å². The lowest BCUT2D eigenvalue weighted by molar-refractivity contribution is 0.964. The fourth-order valence-electron chi connectivity index (χ4n) is 1.98. The minimum Gasteiger partial charge on any atom is -0.368 e. The molecule has 0 amide bonds. The molecule has 4 nitrogen and oxygen atoms in total. The first kappa shape index (κ1) is 14.2. The van der Waals surface area contributed by atoms with Gasteiger partial charge in [0.25, 0.3) is 0 Å². The Bertz CT molecular complexity index is 691. The number of benzene rings is 1. The molecule has 2 aromatic heterocycles. The second kappa shape index (κ2) is 6.78. The number of aromatic nitrogens is 3. The second-order valence-corrected chi connectivity index (χ2v) is 6.13. The molecule has 1 aromatic carbocycles. The molecule has 108 valence electrons. The summed E-state index contributed by atoms with van der Waals surface area (Å²) in [5.41, 5.74) is 3.17. The fourth-order valence-corrected chi connectivity index (χ4v) is 3.33. The molecule has 0 fully saturated rings. The number of hydrogen-bond acceptors (Lipinski definition) is 6. The van der Waals surface area contributed by atoms with Gasteiger partial charge in [-0.25, -0.2) is 4.98 Å². The summed E-state index contributed by atoms with van der Waals surface area (Å²) in [6, 6.07) is 10.2. The Kier molecular flexibility index (Phi) is 4.57. The van der Waals surface area contributed by atoms with Crippen molar-refractivity contribution in [2.45, 2.75) is 19.8 Å². The van der Waals surface area contributed by atoms with Crippen molar-refractivity contribution in [3.8, 4) is 11.3 Å². The Morgan fingerprint density at radius 3 is 2.81 bits per heavy atom. The van der Waals surface area contributed by atoms with Crippen LogP contribution in [0.2, 0.25) is 0 Å². The minimum atomic E-state index is 0.736. The molecule has 6 heteroatoms. The van der Waals surface area contributed by atoms with Crippen LogP contribution in [0.4, 0.5) is 5.82 Å². The normalized spacial score (nSPS) is 10.7. The van der Waals surface area contributed by atoms with Crippen LogP contribution >= 0.6 is 23.1 Å². The van der Waals surface area contributed by atoms with Crippen LogP contribution in [-0.2, 0) is 6.42 Å². The van der Waals surface area contributed by atoms with E-state index in [1.807, 2.05) is 18.2 Å². The highest BCUT2D eigenvalue weighted by Gasteiger charge is 2.11. The van der Waals surface area contributed by atoms with E-state index in [4.69, 9.17) is 4.98 Å². The zero-order valence-corrected chi connectivity index (χ0v) is 13.4. The number of anilines is 1. The van der Waals surface area contributed by atoms with Crippen molar-refractivity contribution in [1.29, 1.82) is 0 Å². The Morgan fingerprint density at radius 2 is 2.00 bits per heavy atom. The summed E-state index contributed by atoms with van der Waals surface area (Å²) in [5.74, 6) is 0.901. The topological polar surface area (TPSA) is 50.7 Å². The van der Waals surface area contributed by atoms with Gasteiger partial charge in [0.1, 0.15) is 5.69 Å². The van der Waals surface area contributed by atoms with Crippen LogP contribution in [0.15, 0.2) is 35.7 Å². The molecular formula is C15H16N4S2. The van der Waals surface area contributed by atoms with Crippen LogP contribution < -0.4 is 5.32 Å². The Balaban J connectivity index is 1.74. The minimum absolute atomic E-state index is 0.736. The van der Waals surface area contributed by atoms with Crippen LogP contribution in [-0.4, -0.2) is 20.3 Å². The largest absolute Gasteiger partial charge is 0.368 e. The van der Waals surface area contributed by atoms with Crippen molar-refractivity contribution >= 4 is 28.9 Å². The first-order valence-electron chi connectivity index (χ1n) is 6.92. The van der Waals surface area contributed by atoms with Crippen molar-refractivity contribution in [2.24, 2.45) is 0 Å². The third-order valence-corrected chi connectivity index (χ3v) is 4.45. The van der Waals surface area contributed by atoms with E-state index in [0.29, 0.717) is 0 Å². The molecule has 1 N–H and O–H groups in total. The molecule has 0 saturated heterocycles. The summed E-state index contributed by atoms with van der Waals surface area (Å²) in [6.07, 6.45) is 1.81. The van der Waals surface area contributed by atoms with Crippen molar-refractivity contribution in [3.05, 3.63) is 46.4 Å². The van der Waals surface area contributed by atoms with E-state index in [1.165, 1.54) is 11.7 Å². The van der Waals surface area contributed by atoms with Gasteiger partial charge in [-0.05, 0) is 6.42 Å². The smallest absolute Gasteiger partial charge is 0.163 e. The first-order valence-corrected chi connectivity index (χ1v) is 8.53. The molecule has 3 aromatic rings. The van der Waals surface area contributed by atoms with Crippen molar-refractivity contribution in [1.82, 2.24) is 13.7 Å². The maximum atomic E-state index is 4.70. The highest BCUT2D eigenvalue weighted by molar-refractivity contribution is 7.10. The lowest BCUT2D eigenvalue weighted by atomic mass is 10.2. The molecule has 0 spiro atoms. The number of rotatable bonds is 6. The maximum absolute atomic E-state index is 4.70. The van der Waals surface area contributed by atoms with E-state index < -0.39 is 0 Å². The van der Waals surface area contributed by atoms with Crippen molar-refractivity contribution < 1.29 is 0 Å². The van der Waals surface area contributed by atoms with Crippen LogP contribution in [0.25, 0.3) is 11.3 Å². The van der Waals surface area contributed by atoms with Gasteiger partial charge in [0.15, 0.2) is 5.82 Å². The number of hydrogen-bond donors (Lipinski definition) is 1. The van der Waals surface area contributed by atoms with E-state index >= 15 is 0 Å². The SMILES string of the molecule is CCCNc1nsnc1Cc1nc(-c2ccccc2)cs1. The summed E-state index contributed by atoms with van der Waals surface area (Å²) in [6.45, 7) is 3.06. The monoisotopic (exact) mass is 316 g/mol. The highest BCUT2D eigenvalue weighted by atomic mass is 32.1. The van der Waals surface area contributed by atoms with E-state index in [1.54, 1.807) is 11.3 Å². The van der Waals surface area contributed by atoms with Crippen LogP contribution in [0.1, 0.15) is 24.0 Å². The highest BCUT2D eigenvalue weighted by Crippen LogP contribution is 2.24. The van der Waals surface area contributed by atoms with Gasteiger partial charge < -0.3 is 5.32 Å². The molecule has 2 heterocycles. The van der Waals surface area contributed by atoms with Crippen LogP contribution in [0.3, 0.4) is 0 Å². The molecule has 0 aliphatic heterocycles. The van der Waals surface area contributed by atoms with E-state index in [-0.39, 0.29) is 0 Å². The zero-order chi connectivity index (χ0) is 14.5. The number of nitrogens with zero attached hydrogens (tertiary/aromatic N) is 3. The van der Waals surface area contributed by atoms with Gasteiger partial charge >= 0.3 is 0 Å². The van der Waals surface area contributed by atoms with Crippen LogP contribution in [0, 0.1) is 0 Å². The third-order valence-electron chi connectivity index (χ3n) is 3.04. The molecule has 0 unspecified atom stereocenters. The van der Waals surface area contributed by atoms with Gasteiger partial charge in [-0.2, -0.15) is 8.75 Å². The predicted molar refractivity (Wildman–Crippen MR) is 89.0 cm³/mol. The van der Waals surface area contributed by atoms with Crippen molar-refractivity contribution in [2.75, 3.05) is 11.9 Å². The molecule has 0 bridgehead atoms. The molecule has 0 atom stereocenters. The predicted octanol–water partition coefficient (Wildman–Crippen LogP) is 4.07. The lowest BCUT2D eigenvalue weighted by Gasteiger charge is -2.01. The zero-order valence-electron chi connectivity index (χ0n) is 11.7. The summed E-state index contributed by atoms with van der Waals surface area (Å²) < 4.78 is 8.69. The fraction of sp³-hybridized carbons (Fsp3) is 0.267. The van der Waals surface area contributed by atoms with Crippen LogP contribution in [0.5, 0.6) is 0 Å². The molecule has 3 rings (SSSR count). The Labute approximate surface area is 132 Å². The summed E-state index contributed by atoms with van der Waals surface area (Å²) >= 11 is 2.93. The summed E-state index contributed by atoms with van der Waals surface area (Å²) in [5, 5.41) is 6.49. The Morgan fingerprint density at radius 1 is 1.14 bits per heavy atom. The average molecular weight is 316 g/mol.